The molecule has 0 aromatic carbocycles. The second-order valence-corrected chi connectivity index (χ2v) is 3.80. The first-order valence-electron chi connectivity index (χ1n) is 4.88. The zero-order valence-electron chi connectivity index (χ0n) is 7.95. The van der Waals surface area contributed by atoms with Crippen molar-refractivity contribution in [2.24, 2.45) is 0 Å². The Morgan fingerprint density at radius 3 is 3.08 bits per heavy atom. The molecule has 2 fully saturated rings. The zero-order valence-corrected chi connectivity index (χ0v) is 7.95. The minimum absolute atomic E-state index is 0.217. The molecule has 2 rings (SSSR count). The molecule has 2 heterocycles. The van der Waals surface area contributed by atoms with Crippen molar-refractivity contribution in [1.29, 1.82) is 0 Å². The van der Waals surface area contributed by atoms with E-state index in [0.717, 1.165) is 26.2 Å². The summed E-state index contributed by atoms with van der Waals surface area (Å²) < 4.78 is 5.29. The SMILES string of the molecule is CC1CNCC(=O)N1C1CCOC1. The van der Waals surface area contributed by atoms with Gasteiger partial charge < -0.3 is 15.0 Å². The third-order valence-corrected chi connectivity index (χ3v) is 2.78. The van der Waals surface area contributed by atoms with E-state index in [1.54, 1.807) is 0 Å². The van der Waals surface area contributed by atoms with Crippen molar-refractivity contribution in [3.8, 4) is 0 Å². The van der Waals surface area contributed by atoms with E-state index in [2.05, 4.69) is 12.2 Å². The third-order valence-electron chi connectivity index (χ3n) is 2.78. The Morgan fingerprint density at radius 2 is 2.46 bits per heavy atom. The molecular weight excluding hydrogens is 168 g/mol. The summed E-state index contributed by atoms with van der Waals surface area (Å²) >= 11 is 0. The van der Waals surface area contributed by atoms with E-state index < -0.39 is 0 Å². The van der Waals surface area contributed by atoms with Crippen molar-refractivity contribution in [2.75, 3.05) is 26.3 Å². The second-order valence-electron chi connectivity index (χ2n) is 3.80. The lowest BCUT2D eigenvalue weighted by Crippen LogP contribution is -2.57. The van der Waals surface area contributed by atoms with Gasteiger partial charge in [-0.1, -0.05) is 0 Å². The Hall–Kier alpha value is -0.610. The van der Waals surface area contributed by atoms with Crippen LogP contribution < -0.4 is 5.32 Å². The second kappa shape index (κ2) is 3.64. The Morgan fingerprint density at radius 1 is 1.62 bits per heavy atom. The van der Waals surface area contributed by atoms with Gasteiger partial charge in [-0.25, -0.2) is 0 Å². The number of nitrogens with zero attached hydrogens (tertiary/aromatic N) is 1. The first-order valence-corrected chi connectivity index (χ1v) is 4.88. The third kappa shape index (κ3) is 1.69. The van der Waals surface area contributed by atoms with Crippen molar-refractivity contribution in [3.05, 3.63) is 0 Å². The number of ether oxygens (including phenoxy) is 1. The molecule has 1 N–H and O–H groups in total. The van der Waals surface area contributed by atoms with Crippen LogP contribution >= 0.6 is 0 Å². The van der Waals surface area contributed by atoms with Crippen LogP contribution in [0, 0.1) is 0 Å². The number of carbonyl (C=O) groups is 1. The van der Waals surface area contributed by atoms with Gasteiger partial charge in [0, 0.05) is 19.2 Å². The number of nitrogens with one attached hydrogen (secondary N) is 1. The highest BCUT2D eigenvalue weighted by Gasteiger charge is 2.32. The summed E-state index contributed by atoms with van der Waals surface area (Å²) in [5.41, 5.74) is 0. The highest BCUT2D eigenvalue weighted by Crippen LogP contribution is 2.17. The molecule has 2 unspecified atom stereocenters. The van der Waals surface area contributed by atoms with Gasteiger partial charge >= 0.3 is 0 Å². The molecule has 0 spiro atoms. The molecule has 0 bridgehead atoms. The van der Waals surface area contributed by atoms with E-state index in [0.29, 0.717) is 18.6 Å². The van der Waals surface area contributed by atoms with Gasteiger partial charge in [-0.3, -0.25) is 4.79 Å². The number of rotatable bonds is 1. The van der Waals surface area contributed by atoms with Crippen molar-refractivity contribution < 1.29 is 9.53 Å². The van der Waals surface area contributed by atoms with Crippen LogP contribution in [-0.2, 0) is 9.53 Å². The Balaban J connectivity index is 2.04. The van der Waals surface area contributed by atoms with E-state index in [9.17, 15) is 4.79 Å². The first-order chi connectivity index (χ1) is 6.29. The Bertz CT molecular complexity index is 202. The lowest BCUT2D eigenvalue weighted by molar-refractivity contribution is -0.137. The lowest BCUT2D eigenvalue weighted by atomic mass is 10.1. The predicted molar refractivity (Wildman–Crippen MR) is 48.4 cm³/mol. The topological polar surface area (TPSA) is 41.6 Å². The average molecular weight is 184 g/mol. The van der Waals surface area contributed by atoms with Crippen LogP contribution in [0.1, 0.15) is 13.3 Å². The molecule has 13 heavy (non-hydrogen) atoms. The van der Waals surface area contributed by atoms with Gasteiger partial charge in [-0.15, -0.1) is 0 Å². The normalized spacial score (nSPS) is 35.5. The molecule has 1 amide bonds. The van der Waals surface area contributed by atoms with E-state index in [1.807, 2.05) is 4.90 Å². The summed E-state index contributed by atoms with van der Waals surface area (Å²) in [6.45, 7) is 5.00. The van der Waals surface area contributed by atoms with Crippen molar-refractivity contribution in [1.82, 2.24) is 10.2 Å². The maximum absolute atomic E-state index is 11.6. The summed E-state index contributed by atoms with van der Waals surface area (Å²) in [6.07, 6.45) is 0.996. The van der Waals surface area contributed by atoms with Gasteiger partial charge in [-0.2, -0.15) is 0 Å². The largest absolute Gasteiger partial charge is 0.379 e. The molecule has 0 aliphatic carbocycles. The molecule has 0 saturated carbocycles. The molecular formula is C9H16N2O2. The number of amides is 1. The smallest absolute Gasteiger partial charge is 0.237 e. The first kappa shape index (κ1) is 8.97. The number of hydrogen-bond donors (Lipinski definition) is 1. The summed E-state index contributed by atoms with van der Waals surface area (Å²) in [5, 5.41) is 3.11. The van der Waals surface area contributed by atoms with Crippen LogP contribution in [0.2, 0.25) is 0 Å². The van der Waals surface area contributed by atoms with Crippen LogP contribution in [0.4, 0.5) is 0 Å². The van der Waals surface area contributed by atoms with Gasteiger partial charge in [0.05, 0.1) is 19.2 Å². The standard InChI is InChI=1S/C9H16N2O2/c1-7-4-10-5-9(12)11(7)8-2-3-13-6-8/h7-8,10H,2-6H2,1H3. The fourth-order valence-corrected chi connectivity index (χ4v) is 2.13. The molecule has 0 radical (unpaired) electrons. The minimum atomic E-state index is 0.217. The summed E-state index contributed by atoms with van der Waals surface area (Å²) in [5.74, 6) is 0.217. The van der Waals surface area contributed by atoms with Gasteiger partial charge in [0.25, 0.3) is 0 Å². The van der Waals surface area contributed by atoms with Crippen LogP contribution in [0.15, 0.2) is 0 Å². The highest BCUT2D eigenvalue weighted by atomic mass is 16.5. The molecule has 4 heteroatoms. The van der Waals surface area contributed by atoms with Crippen molar-refractivity contribution >= 4 is 5.91 Å². The minimum Gasteiger partial charge on any atom is -0.379 e. The predicted octanol–water partition coefficient (Wildman–Crippen LogP) is -0.404. The molecule has 2 aliphatic heterocycles. The van der Waals surface area contributed by atoms with Gasteiger partial charge in [0.1, 0.15) is 0 Å². The zero-order chi connectivity index (χ0) is 9.26. The maximum Gasteiger partial charge on any atom is 0.237 e. The van der Waals surface area contributed by atoms with E-state index in [-0.39, 0.29) is 5.91 Å². The van der Waals surface area contributed by atoms with Gasteiger partial charge in [0.15, 0.2) is 0 Å². The Kier molecular flexibility index (Phi) is 2.51. The van der Waals surface area contributed by atoms with Crippen LogP contribution in [0.5, 0.6) is 0 Å². The van der Waals surface area contributed by atoms with Crippen LogP contribution in [-0.4, -0.2) is 49.2 Å². The van der Waals surface area contributed by atoms with E-state index in [4.69, 9.17) is 4.74 Å². The fourth-order valence-electron chi connectivity index (χ4n) is 2.13. The monoisotopic (exact) mass is 184 g/mol. The molecule has 0 aromatic rings. The number of piperazine rings is 1. The summed E-state index contributed by atoms with van der Waals surface area (Å²) in [7, 11) is 0. The Labute approximate surface area is 78.2 Å². The van der Waals surface area contributed by atoms with Crippen molar-refractivity contribution in [3.63, 3.8) is 0 Å². The summed E-state index contributed by atoms with van der Waals surface area (Å²) in [6, 6.07) is 0.637. The van der Waals surface area contributed by atoms with Gasteiger partial charge in [-0.05, 0) is 13.3 Å². The molecule has 74 valence electrons. The van der Waals surface area contributed by atoms with Crippen molar-refractivity contribution in [2.45, 2.75) is 25.4 Å². The lowest BCUT2D eigenvalue weighted by Gasteiger charge is -2.37. The fraction of sp³-hybridized carbons (Fsp3) is 0.889. The van der Waals surface area contributed by atoms with Crippen LogP contribution in [0.25, 0.3) is 0 Å². The molecule has 2 aliphatic rings. The van der Waals surface area contributed by atoms with Crippen LogP contribution in [0.3, 0.4) is 0 Å². The summed E-state index contributed by atoms with van der Waals surface area (Å²) in [4.78, 5) is 13.6. The van der Waals surface area contributed by atoms with E-state index in [1.165, 1.54) is 0 Å². The number of hydrogen-bond acceptors (Lipinski definition) is 3. The quantitative estimate of drug-likeness (QED) is 0.602. The van der Waals surface area contributed by atoms with Gasteiger partial charge in [0.2, 0.25) is 5.91 Å². The molecule has 0 aromatic heterocycles. The molecule has 2 atom stereocenters. The number of carbonyl (C=O) groups excluding carboxylic acids is 1. The molecule has 2 saturated heterocycles. The highest BCUT2D eigenvalue weighted by molar-refractivity contribution is 5.79. The molecule has 4 nitrogen and oxygen atoms in total. The van der Waals surface area contributed by atoms with E-state index >= 15 is 0 Å². The average Bonchev–Trinajstić information content (AvgIpc) is 2.57. The maximum atomic E-state index is 11.6.